The molecule has 2 amide bonds. The lowest BCUT2D eigenvalue weighted by atomic mass is 9.86. The van der Waals surface area contributed by atoms with E-state index in [2.05, 4.69) is 4.98 Å². The number of carbonyl (C=O) groups is 3. The second kappa shape index (κ2) is 8.75. The van der Waals surface area contributed by atoms with Crippen molar-refractivity contribution in [1.82, 2.24) is 14.5 Å². The van der Waals surface area contributed by atoms with Gasteiger partial charge in [0.2, 0.25) is 11.8 Å². The fourth-order valence-corrected chi connectivity index (χ4v) is 4.93. The first kappa shape index (κ1) is 21.8. The highest BCUT2D eigenvalue weighted by Gasteiger charge is 2.48. The van der Waals surface area contributed by atoms with E-state index in [0.29, 0.717) is 29.8 Å². The quantitative estimate of drug-likeness (QED) is 0.575. The van der Waals surface area contributed by atoms with E-state index in [4.69, 9.17) is 10.5 Å². The molecule has 3 atom stereocenters. The first-order valence-corrected chi connectivity index (χ1v) is 11.1. The van der Waals surface area contributed by atoms with Crippen molar-refractivity contribution in [2.24, 2.45) is 5.73 Å². The highest BCUT2D eigenvalue weighted by molar-refractivity contribution is 5.99. The minimum Gasteiger partial charge on any atom is -0.508 e. The van der Waals surface area contributed by atoms with Gasteiger partial charge in [-0.05, 0) is 54.3 Å². The van der Waals surface area contributed by atoms with E-state index >= 15 is 0 Å². The van der Waals surface area contributed by atoms with Crippen molar-refractivity contribution in [3.05, 3.63) is 77.9 Å². The third kappa shape index (κ3) is 3.94. The van der Waals surface area contributed by atoms with Gasteiger partial charge in [-0.2, -0.15) is 0 Å². The van der Waals surface area contributed by atoms with E-state index in [-0.39, 0.29) is 42.1 Å². The zero-order valence-corrected chi connectivity index (χ0v) is 18.3. The number of benzene rings is 2. The highest BCUT2D eigenvalue weighted by atomic mass is 16.5. The molecule has 1 aromatic heterocycles. The molecular formula is C25H24N4O5. The van der Waals surface area contributed by atoms with E-state index < -0.39 is 17.9 Å². The number of amides is 2. The topological polar surface area (TPSA) is 128 Å². The molecule has 2 saturated heterocycles. The molecule has 9 nitrogen and oxygen atoms in total. The summed E-state index contributed by atoms with van der Waals surface area (Å²) in [5, 5.41) is 9.98. The number of carbonyl (C=O) groups excluding carboxylic acids is 3. The fourth-order valence-electron chi connectivity index (χ4n) is 4.93. The van der Waals surface area contributed by atoms with Crippen LogP contribution in [-0.4, -0.2) is 62.5 Å². The molecule has 3 N–H and O–H groups in total. The Hall–Kier alpha value is -3.98. The normalized spacial score (nSPS) is 20.4. The van der Waals surface area contributed by atoms with Crippen LogP contribution in [0.3, 0.4) is 0 Å². The summed E-state index contributed by atoms with van der Waals surface area (Å²) in [6.07, 6.45) is 5.50. The van der Waals surface area contributed by atoms with Gasteiger partial charge in [-0.15, -0.1) is 0 Å². The van der Waals surface area contributed by atoms with Crippen molar-refractivity contribution in [1.29, 1.82) is 0 Å². The molecule has 0 radical (unpaired) electrons. The van der Waals surface area contributed by atoms with Gasteiger partial charge in [0.25, 0.3) is 0 Å². The van der Waals surface area contributed by atoms with E-state index in [1.807, 2.05) is 0 Å². The summed E-state index contributed by atoms with van der Waals surface area (Å²) in [5.74, 6) is -1.78. The summed E-state index contributed by atoms with van der Waals surface area (Å²) in [7, 11) is 0. The molecule has 0 bridgehead atoms. The van der Waals surface area contributed by atoms with Crippen LogP contribution in [0.2, 0.25) is 0 Å². The van der Waals surface area contributed by atoms with Gasteiger partial charge in [0.15, 0.2) is 5.78 Å². The highest BCUT2D eigenvalue weighted by Crippen LogP contribution is 2.34. The van der Waals surface area contributed by atoms with Gasteiger partial charge < -0.3 is 25.0 Å². The third-order valence-electron chi connectivity index (χ3n) is 6.52. The summed E-state index contributed by atoms with van der Waals surface area (Å²) in [6, 6.07) is 11.1. The van der Waals surface area contributed by atoms with Gasteiger partial charge in [0, 0.05) is 30.2 Å². The zero-order chi connectivity index (χ0) is 23.8. The van der Waals surface area contributed by atoms with Crippen LogP contribution < -0.4 is 5.73 Å². The average Bonchev–Trinajstić information content (AvgIpc) is 3.57. The summed E-state index contributed by atoms with van der Waals surface area (Å²) in [6.45, 7) is 0.391. The second-order valence-corrected chi connectivity index (χ2v) is 8.61. The average molecular weight is 460 g/mol. The van der Waals surface area contributed by atoms with Crippen molar-refractivity contribution in [3.63, 3.8) is 0 Å². The Morgan fingerprint density at radius 2 is 2.09 bits per heavy atom. The Kier molecular flexibility index (Phi) is 5.62. The van der Waals surface area contributed by atoms with Gasteiger partial charge in [-0.1, -0.05) is 12.1 Å². The lowest BCUT2D eigenvalue weighted by Gasteiger charge is -2.28. The molecule has 34 heavy (non-hydrogen) atoms. The standard InChI is InChI=1S/C25H24N4O5/c26-24(32)18-5-4-16(28-9-7-27-14-28)12-19(18)20(11-15-2-1-3-17(30)10-15)25(33)29-8-6-22-23(29)21(31)13-34-22/h1-5,7,9-10,12,14,20,22-23,30H,6,8,11,13H2,(H2,26,32). The molecule has 0 spiro atoms. The van der Waals surface area contributed by atoms with E-state index in [0.717, 1.165) is 0 Å². The molecule has 2 aliphatic rings. The van der Waals surface area contributed by atoms with Crippen LogP contribution in [0.1, 0.15) is 33.8 Å². The number of phenolic OH excluding ortho intramolecular Hbond substituents is 1. The van der Waals surface area contributed by atoms with Crippen molar-refractivity contribution in [3.8, 4) is 11.4 Å². The van der Waals surface area contributed by atoms with E-state index in [9.17, 15) is 19.5 Å². The number of nitrogens with zero attached hydrogens (tertiary/aromatic N) is 3. The van der Waals surface area contributed by atoms with Crippen molar-refractivity contribution >= 4 is 17.6 Å². The van der Waals surface area contributed by atoms with Crippen LogP contribution >= 0.6 is 0 Å². The number of hydrogen-bond donors (Lipinski definition) is 2. The first-order chi connectivity index (χ1) is 16.4. The minimum absolute atomic E-state index is 0.00100. The molecular weight excluding hydrogens is 436 g/mol. The van der Waals surface area contributed by atoms with E-state index in [1.54, 1.807) is 70.7 Å². The number of ether oxygens (including phenoxy) is 1. The van der Waals surface area contributed by atoms with Gasteiger partial charge in [-0.3, -0.25) is 14.4 Å². The summed E-state index contributed by atoms with van der Waals surface area (Å²) in [4.78, 5) is 44.5. The molecule has 0 saturated carbocycles. The number of hydrogen-bond acceptors (Lipinski definition) is 6. The SMILES string of the molecule is NC(=O)c1ccc(-n2ccnc2)cc1C(Cc1cccc(O)c1)C(=O)N1CCC2OCC(=O)C21. The number of aromatic hydroxyl groups is 1. The van der Waals surface area contributed by atoms with Crippen LogP contribution in [0.25, 0.3) is 5.69 Å². The predicted molar refractivity (Wildman–Crippen MR) is 121 cm³/mol. The number of ketones is 1. The molecule has 9 heteroatoms. The number of phenols is 1. The lowest BCUT2D eigenvalue weighted by molar-refractivity contribution is -0.137. The zero-order valence-electron chi connectivity index (χ0n) is 18.3. The molecule has 2 aliphatic heterocycles. The Balaban J connectivity index is 1.61. The van der Waals surface area contributed by atoms with Crippen molar-refractivity contribution < 1.29 is 24.2 Å². The number of rotatable bonds is 6. The largest absolute Gasteiger partial charge is 0.508 e. The van der Waals surface area contributed by atoms with Gasteiger partial charge in [-0.25, -0.2) is 4.98 Å². The van der Waals surface area contributed by atoms with Crippen molar-refractivity contribution in [2.75, 3.05) is 13.2 Å². The molecule has 2 fully saturated rings. The summed E-state index contributed by atoms with van der Waals surface area (Å²) in [5.41, 5.74) is 7.82. The van der Waals surface area contributed by atoms with Gasteiger partial charge in [0.05, 0.1) is 18.3 Å². The number of aromatic nitrogens is 2. The van der Waals surface area contributed by atoms with Crippen LogP contribution in [0.5, 0.6) is 5.75 Å². The smallest absolute Gasteiger partial charge is 0.249 e. The van der Waals surface area contributed by atoms with Crippen LogP contribution in [0.4, 0.5) is 0 Å². The number of fused-ring (bicyclic) bond motifs is 1. The number of nitrogens with two attached hydrogens (primary N) is 1. The maximum atomic E-state index is 14.0. The van der Waals surface area contributed by atoms with Crippen LogP contribution in [0.15, 0.2) is 61.2 Å². The first-order valence-electron chi connectivity index (χ1n) is 11.1. The number of imidazole rings is 1. The molecule has 2 aromatic carbocycles. The number of likely N-dealkylation sites (tertiary alicyclic amines) is 1. The summed E-state index contributed by atoms with van der Waals surface area (Å²) < 4.78 is 7.33. The Bertz CT molecular complexity index is 1260. The number of primary amides is 1. The molecule has 5 rings (SSSR count). The van der Waals surface area contributed by atoms with E-state index in [1.165, 1.54) is 0 Å². The van der Waals surface area contributed by atoms with Crippen LogP contribution in [-0.2, 0) is 20.7 Å². The molecule has 174 valence electrons. The van der Waals surface area contributed by atoms with Gasteiger partial charge >= 0.3 is 0 Å². The summed E-state index contributed by atoms with van der Waals surface area (Å²) >= 11 is 0. The fraction of sp³-hybridized carbons (Fsp3) is 0.280. The Morgan fingerprint density at radius 3 is 2.82 bits per heavy atom. The molecule has 3 heterocycles. The lowest BCUT2D eigenvalue weighted by Crippen LogP contribution is -2.44. The Labute approximate surface area is 195 Å². The predicted octanol–water partition coefficient (Wildman–Crippen LogP) is 1.57. The molecule has 3 aromatic rings. The monoisotopic (exact) mass is 460 g/mol. The number of Topliss-reactive ketones (excluding diaryl/α,β-unsaturated/α-hetero) is 1. The Morgan fingerprint density at radius 1 is 1.24 bits per heavy atom. The van der Waals surface area contributed by atoms with Crippen molar-refractivity contribution in [2.45, 2.75) is 30.9 Å². The van der Waals surface area contributed by atoms with Gasteiger partial charge in [0.1, 0.15) is 18.4 Å². The maximum Gasteiger partial charge on any atom is 0.249 e. The second-order valence-electron chi connectivity index (χ2n) is 8.61. The third-order valence-corrected chi connectivity index (χ3v) is 6.52. The minimum atomic E-state index is -0.806. The molecule has 3 unspecified atom stereocenters. The molecule has 0 aliphatic carbocycles. The van der Waals surface area contributed by atoms with Crippen LogP contribution in [0, 0.1) is 0 Å². The maximum absolute atomic E-state index is 14.0.